The van der Waals surface area contributed by atoms with Crippen LogP contribution in [0, 0.1) is 0 Å². The lowest BCUT2D eigenvalue weighted by molar-refractivity contribution is 0.0384. The number of nitrogens with two attached hydrogens (primary N) is 1. The molecule has 2 rings (SSSR count). The molecule has 1 aliphatic rings. The highest BCUT2D eigenvalue weighted by Crippen LogP contribution is 2.12. The zero-order valence-electron chi connectivity index (χ0n) is 7.98. The molecule has 0 amide bonds. The molecule has 0 unspecified atom stereocenters. The molecule has 0 bridgehead atoms. The van der Waals surface area contributed by atoms with Gasteiger partial charge in [-0.2, -0.15) is 0 Å². The molecule has 2 heterocycles. The number of morpholine rings is 1. The van der Waals surface area contributed by atoms with Crippen molar-refractivity contribution in [2.24, 2.45) is 0 Å². The van der Waals surface area contributed by atoms with Gasteiger partial charge in [-0.15, -0.1) is 10.2 Å². The fourth-order valence-corrected chi connectivity index (χ4v) is 2.04. The first-order chi connectivity index (χ1) is 6.84. The van der Waals surface area contributed by atoms with E-state index in [0.29, 0.717) is 5.13 Å². The summed E-state index contributed by atoms with van der Waals surface area (Å²) in [5.41, 5.74) is 5.50. The number of ether oxygens (including phenoxy) is 1. The van der Waals surface area contributed by atoms with Crippen LogP contribution in [-0.4, -0.2) is 47.9 Å². The van der Waals surface area contributed by atoms with Gasteiger partial charge in [-0.3, -0.25) is 4.90 Å². The van der Waals surface area contributed by atoms with Crippen LogP contribution in [0.5, 0.6) is 0 Å². The van der Waals surface area contributed by atoms with Gasteiger partial charge < -0.3 is 10.5 Å². The maximum atomic E-state index is 5.50. The Hall–Kier alpha value is -0.720. The zero-order valence-corrected chi connectivity index (χ0v) is 8.79. The van der Waals surface area contributed by atoms with E-state index in [4.69, 9.17) is 10.5 Å². The van der Waals surface area contributed by atoms with Crippen molar-refractivity contribution in [1.29, 1.82) is 0 Å². The molecular weight excluding hydrogens is 200 g/mol. The van der Waals surface area contributed by atoms with Crippen LogP contribution >= 0.6 is 11.3 Å². The first-order valence-corrected chi connectivity index (χ1v) is 5.54. The van der Waals surface area contributed by atoms with E-state index in [1.807, 2.05) is 0 Å². The van der Waals surface area contributed by atoms with Gasteiger partial charge in [-0.05, 0) is 0 Å². The summed E-state index contributed by atoms with van der Waals surface area (Å²) in [6, 6.07) is 0. The summed E-state index contributed by atoms with van der Waals surface area (Å²) >= 11 is 1.47. The summed E-state index contributed by atoms with van der Waals surface area (Å²) < 4.78 is 5.27. The van der Waals surface area contributed by atoms with Crippen molar-refractivity contribution in [3.8, 4) is 0 Å². The molecule has 1 aliphatic heterocycles. The van der Waals surface area contributed by atoms with Crippen LogP contribution in [0.15, 0.2) is 0 Å². The fourth-order valence-electron chi connectivity index (χ4n) is 1.45. The molecule has 6 heteroatoms. The van der Waals surface area contributed by atoms with Gasteiger partial charge in [0.1, 0.15) is 5.01 Å². The van der Waals surface area contributed by atoms with Gasteiger partial charge in [0.25, 0.3) is 0 Å². The van der Waals surface area contributed by atoms with E-state index in [1.54, 1.807) is 0 Å². The second-order valence-corrected chi connectivity index (χ2v) is 4.33. The molecule has 14 heavy (non-hydrogen) atoms. The second kappa shape index (κ2) is 4.68. The predicted octanol–water partition coefficient (Wildman–Crippen LogP) is -0.00500. The molecule has 0 spiro atoms. The van der Waals surface area contributed by atoms with Crippen LogP contribution < -0.4 is 5.73 Å². The van der Waals surface area contributed by atoms with E-state index in [1.165, 1.54) is 11.3 Å². The van der Waals surface area contributed by atoms with Crippen molar-refractivity contribution in [1.82, 2.24) is 15.1 Å². The lowest BCUT2D eigenvalue weighted by atomic mass is 10.3. The Morgan fingerprint density at radius 2 is 2.14 bits per heavy atom. The highest BCUT2D eigenvalue weighted by Gasteiger charge is 2.10. The quantitative estimate of drug-likeness (QED) is 0.767. The number of anilines is 1. The number of hydrogen-bond acceptors (Lipinski definition) is 6. The molecule has 1 aromatic rings. The predicted molar refractivity (Wildman–Crippen MR) is 55.3 cm³/mol. The standard InChI is InChI=1S/C8H14N4OS/c9-8-11-10-7(14-8)1-2-12-3-5-13-6-4-12/h1-6H2,(H2,9,11). The maximum absolute atomic E-state index is 5.50. The second-order valence-electron chi connectivity index (χ2n) is 3.24. The van der Waals surface area contributed by atoms with E-state index in [2.05, 4.69) is 15.1 Å². The first-order valence-electron chi connectivity index (χ1n) is 4.72. The summed E-state index contributed by atoms with van der Waals surface area (Å²) in [5.74, 6) is 0. The van der Waals surface area contributed by atoms with Gasteiger partial charge in [0.2, 0.25) is 5.13 Å². The van der Waals surface area contributed by atoms with Crippen LogP contribution in [0.25, 0.3) is 0 Å². The van der Waals surface area contributed by atoms with Crippen molar-refractivity contribution < 1.29 is 4.74 Å². The van der Waals surface area contributed by atoms with E-state index < -0.39 is 0 Å². The third-order valence-corrected chi connectivity index (χ3v) is 3.04. The molecular formula is C8H14N4OS. The number of nitrogens with zero attached hydrogens (tertiary/aromatic N) is 3. The van der Waals surface area contributed by atoms with Gasteiger partial charge >= 0.3 is 0 Å². The number of rotatable bonds is 3. The highest BCUT2D eigenvalue weighted by atomic mass is 32.1. The summed E-state index contributed by atoms with van der Waals surface area (Å²) in [5, 5.41) is 9.35. The lowest BCUT2D eigenvalue weighted by Gasteiger charge is -2.25. The van der Waals surface area contributed by atoms with Gasteiger partial charge in [0.15, 0.2) is 0 Å². The monoisotopic (exact) mass is 214 g/mol. The van der Waals surface area contributed by atoms with Crippen molar-refractivity contribution >= 4 is 16.5 Å². The molecule has 0 aliphatic carbocycles. The van der Waals surface area contributed by atoms with Crippen LogP contribution in [-0.2, 0) is 11.2 Å². The third kappa shape index (κ3) is 2.63. The van der Waals surface area contributed by atoms with Crippen LogP contribution in [0.3, 0.4) is 0 Å². The Morgan fingerprint density at radius 3 is 2.79 bits per heavy atom. The molecule has 1 fully saturated rings. The molecule has 1 aromatic heterocycles. The van der Waals surface area contributed by atoms with Gasteiger partial charge in [-0.25, -0.2) is 0 Å². The smallest absolute Gasteiger partial charge is 0.203 e. The van der Waals surface area contributed by atoms with Gasteiger partial charge in [0, 0.05) is 26.1 Å². The Bertz CT molecular complexity index is 285. The molecule has 2 N–H and O–H groups in total. The van der Waals surface area contributed by atoms with Crippen molar-refractivity contribution in [2.75, 3.05) is 38.6 Å². The van der Waals surface area contributed by atoms with Crippen molar-refractivity contribution in [2.45, 2.75) is 6.42 Å². The Balaban J connectivity index is 1.76. The lowest BCUT2D eigenvalue weighted by Crippen LogP contribution is -2.37. The van der Waals surface area contributed by atoms with Crippen molar-refractivity contribution in [3.63, 3.8) is 0 Å². The Kier molecular flexibility index (Phi) is 3.28. The van der Waals surface area contributed by atoms with Crippen LogP contribution in [0.1, 0.15) is 5.01 Å². The van der Waals surface area contributed by atoms with E-state index in [9.17, 15) is 0 Å². The van der Waals surface area contributed by atoms with Gasteiger partial charge in [0.05, 0.1) is 13.2 Å². The zero-order chi connectivity index (χ0) is 9.80. The third-order valence-electron chi connectivity index (χ3n) is 2.23. The molecule has 1 saturated heterocycles. The normalized spacial score (nSPS) is 18.6. The number of nitrogen functional groups attached to an aromatic ring is 1. The Labute approximate surface area is 86.9 Å². The first kappa shape index (κ1) is 9.82. The van der Waals surface area contributed by atoms with E-state index >= 15 is 0 Å². The highest BCUT2D eigenvalue weighted by molar-refractivity contribution is 7.15. The molecule has 0 radical (unpaired) electrons. The maximum Gasteiger partial charge on any atom is 0.203 e. The average molecular weight is 214 g/mol. The van der Waals surface area contributed by atoms with Gasteiger partial charge in [-0.1, -0.05) is 11.3 Å². The minimum Gasteiger partial charge on any atom is -0.379 e. The van der Waals surface area contributed by atoms with E-state index in [-0.39, 0.29) is 0 Å². The SMILES string of the molecule is Nc1nnc(CCN2CCOCC2)s1. The van der Waals surface area contributed by atoms with Crippen LogP contribution in [0.2, 0.25) is 0 Å². The summed E-state index contributed by atoms with van der Waals surface area (Å²) in [4.78, 5) is 2.38. The summed E-state index contributed by atoms with van der Waals surface area (Å²) in [6.45, 7) is 4.76. The molecule has 0 atom stereocenters. The minimum atomic E-state index is 0.557. The average Bonchev–Trinajstić information content (AvgIpc) is 2.63. The Morgan fingerprint density at radius 1 is 1.36 bits per heavy atom. The number of hydrogen-bond donors (Lipinski definition) is 1. The van der Waals surface area contributed by atoms with Crippen LogP contribution in [0.4, 0.5) is 5.13 Å². The summed E-state index contributed by atoms with van der Waals surface area (Å²) in [6.07, 6.45) is 0.939. The molecule has 0 saturated carbocycles. The number of aromatic nitrogens is 2. The molecule has 78 valence electrons. The largest absolute Gasteiger partial charge is 0.379 e. The topological polar surface area (TPSA) is 64.3 Å². The van der Waals surface area contributed by atoms with E-state index in [0.717, 1.165) is 44.3 Å². The molecule has 0 aromatic carbocycles. The van der Waals surface area contributed by atoms with Crippen molar-refractivity contribution in [3.05, 3.63) is 5.01 Å². The fraction of sp³-hybridized carbons (Fsp3) is 0.750. The summed E-state index contributed by atoms with van der Waals surface area (Å²) in [7, 11) is 0. The molecule has 5 nitrogen and oxygen atoms in total. The minimum absolute atomic E-state index is 0.557.